The summed E-state index contributed by atoms with van der Waals surface area (Å²) in [6.45, 7) is 9.43. The quantitative estimate of drug-likeness (QED) is 0.172. The monoisotopic (exact) mass is 773 g/mol. The maximum absolute atomic E-state index is 2.57. The largest absolute Gasteiger partial charge is 0.310 e. The lowest BCUT2D eigenvalue weighted by atomic mass is 9.82. The Morgan fingerprint density at radius 3 is 1.60 bits per heavy atom. The second kappa shape index (κ2) is 14.4. The van der Waals surface area contributed by atoms with Crippen molar-refractivity contribution in [3.8, 4) is 55.6 Å². The minimum Gasteiger partial charge on any atom is -0.310 e. The van der Waals surface area contributed by atoms with Crippen LogP contribution in [0.1, 0.15) is 71.2 Å². The Balaban J connectivity index is 1.15. The van der Waals surface area contributed by atoms with E-state index in [-0.39, 0.29) is 5.41 Å². The number of hydrogen-bond donors (Lipinski definition) is 0. The molecule has 0 aliphatic heterocycles. The molecule has 0 atom stereocenters. The third kappa shape index (κ3) is 5.89. The Morgan fingerprint density at radius 1 is 0.383 bits per heavy atom. The highest BCUT2D eigenvalue weighted by Crippen LogP contribution is 2.52. The van der Waals surface area contributed by atoms with Crippen molar-refractivity contribution in [3.05, 3.63) is 208 Å². The molecule has 0 saturated heterocycles. The third-order valence-electron chi connectivity index (χ3n) is 14.0. The lowest BCUT2D eigenvalue weighted by molar-refractivity contribution is 0.660. The van der Waals surface area contributed by atoms with Crippen LogP contribution in [0.2, 0.25) is 0 Å². The number of fused-ring (bicyclic) bond motifs is 11. The molecule has 3 aliphatic rings. The fourth-order valence-corrected chi connectivity index (χ4v) is 11.1. The van der Waals surface area contributed by atoms with E-state index in [1.807, 2.05) is 0 Å². The minimum atomic E-state index is -0.115. The van der Waals surface area contributed by atoms with E-state index < -0.39 is 0 Å². The first-order valence-corrected chi connectivity index (χ1v) is 22.0. The van der Waals surface area contributed by atoms with Gasteiger partial charge in [-0.2, -0.15) is 0 Å². The van der Waals surface area contributed by atoms with Crippen molar-refractivity contribution in [3.63, 3.8) is 0 Å². The molecule has 0 spiro atoms. The van der Waals surface area contributed by atoms with Crippen LogP contribution in [0.4, 0.5) is 17.1 Å². The average molecular weight is 774 g/mol. The predicted molar refractivity (Wildman–Crippen MR) is 254 cm³/mol. The van der Waals surface area contributed by atoms with Crippen LogP contribution < -0.4 is 4.90 Å². The van der Waals surface area contributed by atoms with Crippen LogP contribution in [0, 0.1) is 13.8 Å². The number of aryl methyl sites for hydroxylation is 5. The summed E-state index contributed by atoms with van der Waals surface area (Å²) in [4.78, 5) is 2.57. The van der Waals surface area contributed by atoms with Crippen LogP contribution in [0.5, 0.6) is 0 Å². The van der Waals surface area contributed by atoms with E-state index in [1.54, 1.807) is 5.56 Å². The summed E-state index contributed by atoms with van der Waals surface area (Å²) in [5.74, 6) is 0. The highest BCUT2D eigenvalue weighted by molar-refractivity contribution is 5.96. The summed E-state index contributed by atoms with van der Waals surface area (Å²) in [6, 6.07) is 62.5. The predicted octanol–water partition coefficient (Wildman–Crippen LogP) is 15.7. The standard InChI is InChI=1S/C59H51N/c1-38-34-43(49-26-15-19-40-16-5-8-20-46(40)49)35-39(2)58(38)60(45-31-33-54-53-25-13-14-27-56(53)59(3,4)57(54)37-45)44-30-32-52-51-24-12-11-23-50(51)47-21-9-6-17-41(47)28-29-42-18-7-10-22-48(42)55(52)36-44/h6-7,9-15,17-19,21-27,30-37H,5,8,16,20,28-29H2,1-4H3. The van der Waals surface area contributed by atoms with Gasteiger partial charge in [0.1, 0.15) is 0 Å². The number of hydrogen-bond acceptors (Lipinski definition) is 1. The molecule has 8 aromatic rings. The summed E-state index contributed by atoms with van der Waals surface area (Å²) < 4.78 is 0. The van der Waals surface area contributed by atoms with Gasteiger partial charge in [-0.15, -0.1) is 0 Å². The van der Waals surface area contributed by atoms with Crippen LogP contribution in [0.15, 0.2) is 164 Å². The normalized spacial score (nSPS) is 14.4. The molecule has 292 valence electrons. The van der Waals surface area contributed by atoms with Crippen molar-refractivity contribution in [2.45, 2.75) is 71.6 Å². The van der Waals surface area contributed by atoms with Crippen LogP contribution in [0.25, 0.3) is 55.6 Å². The fraction of sp³-hybridized carbons (Fsp3) is 0.186. The van der Waals surface area contributed by atoms with Crippen molar-refractivity contribution in [1.29, 1.82) is 0 Å². The molecule has 0 radical (unpaired) electrons. The van der Waals surface area contributed by atoms with Gasteiger partial charge >= 0.3 is 0 Å². The number of benzene rings is 8. The molecule has 8 aromatic carbocycles. The zero-order valence-corrected chi connectivity index (χ0v) is 35.3. The first-order valence-electron chi connectivity index (χ1n) is 22.0. The van der Waals surface area contributed by atoms with Crippen molar-refractivity contribution in [1.82, 2.24) is 0 Å². The molecule has 0 N–H and O–H groups in total. The van der Waals surface area contributed by atoms with Crippen molar-refractivity contribution >= 4 is 17.1 Å². The summed E-state index contributed by atoms with van der Waals surface area (Å²) in [6.07, 6.45) is 6.87. The minimum absolute atomic E-state index is 0.115. The van der Waals surface area contributed by atoms with E-state index in [0.717, 1.165) is 19.3 Å². The van der Waals surface area contributed by atoms with Gasteiger partial charge in [0.15, 0.2) is 0 Å². The molecule has 1 heteroatoms. The van der Waals surface area contributed by atoms with Crippen LogP contribution in [-0.2, 0) is 31.1 Å². The molecule has 0 saturated carbocycles. The molecular formula is C59H51N. The highest BCUT2D eigenvalue weighted by Gasteiger charge is 2.36. The van der Waals surface area contributed by atoms with Gasteiger partial charge in [-0.05, 0) is 189 Å². The van der Waals surface area contributed by atoms with Gasteiger partial charge in [0.2, 0.25) is 0 Å². The van der Waals surface area contributed by atoms with Gasteiger partial charge in [-0.1, -0.05) is 141 Å². The lowest BCUT2D eigenvalue weighted by Crippen LogP contribution is -2.17. The number of nitrogens with zero attached hydrogens (tertiary/aromatic N) is 1. The van der Waals surface area contributed by atoms with Crippen LogP contribution in [0.3, 0.4) is 0 Å². The molecule has 0 fully saturated rings. The maximum Gasteiger partial charge on any atom is 0.0520 e. The fourth-order valence-electron chi connectivity index (χ4n) is 11.1. The molecular weight excluding hydrogens is 723 g/mol. The Morgan fingerprint density at radius 2 is 0.883 bits per heavy atom. The average Bonchev–Trinajstić information content (AvgIpc) is 3.51. The molecule has 0 bridgehead atoms. The van der Waals surface area contributed by atoms with Crippen molar-refractivity contribution in [2.24, 2.45) is 0 Å². The van der Waals surface area contributed by atoms with E-state index in [9.17, 15) is 0 Å². The maximum atomic E-state index is 2.57. The van der Waals surface area contributed by atoms with E-state index in [1.165, 1.54) is 131 Å². The number of anilines is 3. The Hall–Kier alpha value is -6.44. The zero-order chi connectivity index (χ0) is 40.5. The lowest BCUT2D eigenvalue weighted by Gasteiger charge is -2.32. The molecule has 11 rings (SSSR count). The second-order valence-electron chi connectivity index (χ2n) is 17.9. The SMILES string of the molecule is Cc1cc(-c2cccc3c2CCCC3)cc(C)c1N(c1ccc2c(c1)-c1ccccc1CCc1ccccc1-c1ccccc1-2)c1ccc2c(c1)C(C)(C)c1ccccc1-2. The second-order valence-corrected chi connectivity index (χ2v) is 17.9. The van der Waals surface area contributed by atoms with Gasteiger partial charge in [0.05, 0.1) is 5.69 Å². The van der Waals surface area contributed by atoms with E-state index >= 15 is 0 Å². The molecule has 0 heterocycles. The Bertz CT molecular complexity index is 2970. The molecule has 1 nitrogen and oxygen atoms in total. The van der Waals surface area contributed by atoms with Gasteiger partial charge in [-0.3, -0.25) is 0 Å². The third-order valence-corrected chi connectivity index (χ3v) is 14.0. The van der Waals surface area contributed by atoms with E-state index in [4.69, 9.17) is 0 Å². The van der Waals surface area contributed by atoms with E-state index in [2.05, 4.69) is 196 Å². The summed E-state index contributed by atoms with van der Waals surface area (Å²) in [5, 5.41) is 0. The molecule has 0 unspecified atom stereocenters. The Kier molecular flexibility index (Phi) is 8.78. The molecule has 0 amide bonds. The van der Waals surface area contributed by atoms with Gasteiger partial charge in [0.25, 0.3) is 0 Å². The van der Waals surface area contributed by atoms with Crippen LogP contribution in [-0.4, -0.2) is 0 Å². The smallest absolute Gasteiger partial charge is 0.0520 e. The van der Waals surface area contributed by atoms with Gasteiger partial charge < -0.3 is 4.90 Å². The van der Waals surface area contributed by atoms with Crippen molar-refractivity contribution < 1.29 is 0 Å². The highest BCUT2D eigenvalue weighted by atomic mass is 15.1. The zero-order valence-electron chi connectivity index (χ0n) is 35.3. The Labute approximate surface area is 356 Å². The summed E-state index contributed by atoms with van der Waals surface area (Å²) in [5.41, 5.74) is 27.9. The van der Waals surface area contributed by atoms with Crippen molar-refractivity contribution in [2.75, 3.05) is 4.90 Å². The number of rotatable bonds is 4. The molecule has 0 aromatic heterocycles. The summed E-state index contributed by atoms with van der Waals surface area (Å²) in [7, 11) is 0. The first kappa shape index (κ1) is 36.6. The topological polar surface area (TPSA) is 3.24 Å². The first-order chi connectivity index (χ1) is 29.3. The van der Waals surface area contributed by atoms with Gasteiger partial charge in [0, 0.05) is 16.8 Å². The van der Waals surface area contributed by atoms with Gasteiger partial charge in [-0.25, -0.2) is 0 Å². The molecule has 60 heavy (non-hydrogen) atoms. The summed E-state index contributed by atoms with van der Waals surface area (Å²) >= 11 is 0. The molecule has 3 aliphatic carbocycles. The van der Waals surface area contributed by atoms with Crippen LogP contribution >= 0.6 is 0 Å². The van der Waals surface area contributed by atoms with E-state index in [0.29, 0.717) is 0 Å².